The van der Waals surface area contributed by atoms with E-state index < -0.39 is 10.0 Å². The molecule has 0 atom stereocenters. The molecule has 9 heteroatoms. The number of hydrogen-bond acceptors (Lipinski definition) is 7. The summed E-state index contributed by atoms with van der Waals surface area (Å²) in [5, 5.41) is 4.26. The lowest BCUT2D eigenvalue weighted by molar-refractivity contribution is 0.400. The first-order valence-corrected chi connectivity index (χ1v) is 11.9. The van der Waals surface area contributed by atoms with Gasteiger partial charge in [0.15, 0.2) is 0 Å². The van der Waals surface area contributed by atoms with E-state index in [2.05, 4.69) is 37.1 Å². The molecule has 0 fully saturated rings. The second-order valence-corrected chi connectivity index (χ2v) is 9.02. The number of anilines is 2. The van der Waals surface area contributed by atoms with Gasteiger partial charge in [-0.1, -0.05) is 36.4 Å². The fraction of sp³-hybridized carbons (Fsp3) is 0.174. The lowest BCUT2D eigenvalue weighted by Gasteiger charge is -2.12. The first-order chi connectivity index (χ1) is 15.4. The molecular formula is C23H23N5O3S. The Balaban J connectivity index is 1.64. The molecule has 0 unspecified atom stereocenters. The summed E-state index contributed by atoms with van der Waals surface area (Å²) >= 11 is 0. The molecule has 0 bridgehead atoms. The average molecular weight is 450 g/mol. The number of nitrogens with one attached hydrogen (secondary N) is 2. The molecule has 32 heavy (non-hydrogen) atoms. The minimum absolute atomic E-state index is 0.201. The Labute approximate surface area is 186 Å². The molecule has 0 aliphatic rings. The van der Waals surface area contributed by atoms with Crippen molar-refractivity contribution in [3.63, 3.8) is 0 Å². The molecule has 164 valence electrons. The fourth-order valence-electron chi connectivity index (χ4n) is 3.39. The van der Waals surface area contributed by atoms with Crippen LogP contribution in [0.4, 0.5) is 11.5 Å². The number of nitrogens with zero attached hydrogens (tertiary/aromatic N) is 3. The summed E-state index contributed by atoms with van der Waals surface area (Å²) in [6.45, 7) is 0.729. The molecule has 2 aromatic heterocycles. The van der Waals surface area contributed by atoms with Gasteiger partial charge in [-0.05, 0) is 35.7 Å². The number of sulfonamides is 1. The predicted octanol–water partition coefficient (Wildman–Crippen LogP) is 3.73. The molecule has 4 aromatic rings. The second kappa shape index (κ2) is 9.19. The van der Waals surface area contributed by atoms with Crippen LogP contribution in [0.2, 0.25) is 0 Å². The normalized spacial score (nSPS) is 11.3. The third kappa shape index (κ3) is 5.12. The SMILES string of the molecule is COc1ncc(-c2ccc3ncnc(NCCc4ccccc4)c3c2)cc1NS(C)(=O)=O. The van der Waals surface area contributed by atoms with Gasteiger partial charge < -0.3 is 10.1 Å². The van der Waals surface area contributed by atoms with E-state index in [1.807, 2.05) is 36.4 Å². The molecule has 0 radical (unpaired) electrons. The van der Waals surface area contributed by atoms with Gasteiger partial charge in [0.05, 0.1) is 18.9 Å². The van der Waals surface area contributed by atoms with Crippen LogP contribution in [0, 0.1) is 0 Å². The van der Waals surface area contributed by atoms with Gasteiger partial charge in [-0.15, -0.1) is 0 Å². The van der Waals surface area contributed by atoms with Crippen molar-refractivity contribution in [2.45, 2.75) is 6.42 Å². The smallest absolute Gasteiger partial charge is 0.238 e. The number of hydrogen-bond donors (Lipinski definition) is 2. The Morgan fingerprint density at radius 3 is 2.53 bits per heavy atom. The first kappa shape index (κ1) is 21.5. The van der Waals surface area contributed by atoms with E-state index in [0.29, 0.717) is 0 Å². The number of rotatable bonds is 8. The number of ether oxygens (including phenoxy) is 1. The Kier molecular flexibility index (Phi) is 6.18. The zero-order valence-electron chi connectivity index (χ0n) is 17.7. The number of aromatic nitrogens is 3. The van der Waals surface area contributed by atoms with Gasteiger partial charge in [-0.25, -0.2) is 23.4 Å². The summed E-state index contributed by atoms with van der Waals surface area (Å²) in [5.74, 6) is 0.940. The average Bonchev–Trinajstić information content (AvgIpc) is 2.78. The van der Waals surface area contributed by atoms with Crippen LogP contribution in [0.3, 0.4) is 0 Å². The lowest BCUT2D eigenvalue weighted by atomic mass is 10.0. The van der Waals surface area contributed by atoms with E-state index in [1.54, 1.807) is 12.3 Å². The Hall–Kier alpha value is -3.72. The largest absolute Gasteiger partial charge is 0.480 e. The number of pyridine rings is 1. The summed E-state index contributed by atoms with van der Waals surface area (Å²) in [6.07, 6.45) is 5.13. The maximum Gasteiger partial charge on any atom is 0.238 e. The predicted molar refractivity (Wildman–Crippen MR) is 126 cm³/mol. The van der Waals surface area contributed by atoms with Crippen molar-refractivity contribution >= 4 is 32.4 Å². The maximum absolute atomic E-state index is 11.7. The zero-order valence-corrected chi connectivity index (χ0v) is 18.6. The highest BCUT2D eigenvalue weighted by molar-refractivity contribution is 7.92. The van der Waals surface area contributed by atoms with Crippen LogP contribution < -0.4 is 14.8 Å². The van der Waals surface area contributed by atoms with E-state index in [-0.39, 0.29) is 11.6 Å². The summed E-state index contributed by atoms with van der Waals surface area (Å²) in [6, 6.07) is 17.7. The summed E-state index contributed by atoms with van der Waals surface area (Å²) in [4.78, 5) is 13.0. The molecule has 0 saturated carbocycles. The minimum atomic E-state index is -3.48. The Bertz CT molecular complexity index is 1340. The summed E-state index contributed by atoms with van der Waals surface area (Å²) in [7, 11) is -2.04. The van der Waals surface area contributed by atoms with Crippen LogP contribution in [0.15, 0.2) is 67.1 Å². The van der Waals surface area contributed by atoms with Gasteiger partial charge in [-0.3, -0.25) is 4.72 Å². The molecule has 8 nitrogen and oxygen atoms in total. The monoisotopic (exact) mass is 449 g/mol. The van der Waals surface area contributed by atoms with Crippen molar-refractivity contribution in [3.05, 3.63) is 72.7 Å². The molecule has 2 aromatic carbocycles. The topological polar surface area (TPSA) is 106 Å². The highest BCUT2D eigenvalue weighted by atomic mass is 32.2. The van der Waals surface area contributed by atoms with E-state index in [9.17, 15) is 8.42 Å². The van der Waals surface area contributed by atoms with Crippen LogP contribution in [0.5, 0.6) is 5.88 Å². The number of fused-ring (bicyclic) bond motifs is 1. The molecule has 0 aliphatic carbocycles. The summed E-state index contributed by atoms with van der Waals surface area (Å²) in [5.41, 5.74) is 3.91. The van der Waals surface area contributed by atoms with Crippen molar-refractivity contribution in [1.29, 1.82) is 0 Å². The van der Waals surface area contributed by atoms with Crippen LogP contribution >= 0.6 is 0 Å². The molecule has 2 heterocycles. The quantitative estimate of drug-likeness (QED) is 0.422. The highest BCUT2D eigenvalue weighted by Crippen LogP contribution is 2.31. The molecule has 0 saturated heterocycles. The third-order valence-electron chi connectivity index (χ3n) is 4.86. The first-order valence-electron chi connectivity index (χ1n) is 9.98. The van der Waals surface area contributed by atoms with Gasteiger partial charge in [-0.2, -0.15) is 0 Å². The minimum Gasteiger partial charge on any atom is -0.480 e. The van der Waals surface area contributed by atoms with Crippen molar-refractivity contribution in [2.75, 3.05) is 29.9 Å². The van der Waals surface area contributed by atoms with Gasteiger partial charge >= 0.3 is 0 Å². The van der Waals surface area contributed by atoms with E-state index in [1.165, 1.54) is 19.0 Å². The number of methoxy groups -OCH3 is 1. The molecule has 2 N–H and O–H groups in total. The Morgan fingerprint density at radius 1 is 0.969 bits per heavy atom. The second-order valence-electron chi connectivity index (χ2n) is 7.27. The van der Waals surface area contributed by atoms with Crippen LogP contribution in [0.1, 0.15) is 5.56 Å². The molecule has 0 spiro atoms. The zero-order chi connectivity index (χ0) is 22.6. The van der Waals surface area contributed by atoms with E-state index >= 15 is 0 Å². The van der Waals surface area contributed by atoms with E-state index in [4.69, 9.17) is 4.74 Å². The van der Waals surface area contributed by atoms with Crippen LogP contribution in [0.25, 0.3) is 22.0 Å². The summed E-state index contributed by atoms with van der Waals surface area (Å²) < 4.78 is 31.1. The molecular weight excluding hydrogens is 426 g/mol. The van der Waals surface area contributed by atoms with Gasteiger partial charge in [0.1, 0.15) is 17.8 Å². The van der Waals surface area contributed by atoms with Crippen molar-refractivity contribution in [2.24, 2.45) is 0 Å². The third-order valence-corrected chi connectivity index (χ3v) is 5.45. The molecule has 0 aliphatic heterocycles. The number of benzene rings is 2. The lowest BCUT2D eigenvalue weighted by Crippen LogP contribution is -2.11. The fourth-order valence-corrected chi connectivity index (χ4v) is 3.94. The Morgan fingerprint density at radius 2 is 1.78 bits per heavy atom. The van der Waals surface area contributed by atoms with Crippen molar-refractivity contribution in [1.82, 2.24) is 15.0 Å². The van der Waals surface area contributed by atoms with Crippen molar-refractivity contribution in [3.8, 4) is 17.0 Å². The van der Waals surface area contributed by atoms with Crippen LogP contribution in [-0.2, 0) is 16.4 Å². The molecule has 0 amide bonds. The van der Waals surface area contributed by atoms with Crippen molar-refractivity contribution < 1.29 is 13.2 Å². The highest BCUT2D eigenvalue weighted by Gasteiger charge is 2.13. The maximum atomic E-state index is 11.7. The van der Waals surface area contributed by atoms with E-state index in [0.717, 1.165) is 47.1 Å². The van der Waals surface area contributed by atoms with Crippen LogP contribution in [-0.4, -0.2) is 43.3 Å². The standard InChI is InChI=1S/C23H23N5O3S/c1-31-23-21(28-32(2,29)30)13-18(14-25-23)17-8-9-20-19(12-17)22(27-15-26-20)24-11-10-16-6-4-3-5-7-16/h3-9,12-15,28H,10-11H2,1-2H3,(H,24,26,27). The van der Waals surface area contributed by atoms with Gasteiger partial charge in [0.2, 0.25) is 15.9 Å². The van der Waals surface area contributed by atoms with Gasteiger partial charge in [0.25, 0.3) is 0 Å². The van der Waals surface area contributed by atoms with Gasteiger partial charge in [0, 0.05) is 23.7 Å². The molecule has 4 rings (SSSR count).